The van der Waals surface area contributed by atoms with Crippen LogP contribution in [0.15, 0.2) is 23.4 Å². The van der Waals surface area contributed by atoms with E-state index in [1.165, 1.54) is 0 Å². The molecule has 4 nitrogen and oxygen atoms in total. The molecule has 1 aromatic rings. The normalized spacial score (nSPS) is 11.5. The van der Waals surface area contributed by atoms with Crippen LogP contribution in [0.4, 0.5) is 4.39 Å². The largest absolute Gasteiger partial charge is 0.490 e. The van der Waals surface area contributed by atoms with Crippen molar-refractivity contribution in [3.63, 3.8) is 0 Å². The van der Waals surface area contributed by atoms with E-state index in [0.29, 0.717) is 25.0 Å². The summed E-state index contributed by atoms with van der Waals surface area (Å²) in [5.41, 5.74) is 5.83. The Morgan fingerprint density at radius 2 is 2.31 bits per heavy atom. The number of nitrogens with zero attached hydrogens (tertiary/aromatic N) is 1. The highest BCUT2D eigenvalue weighted by Gasteiger charge is 2.05. The Morgan fingerprint density at radius 1 is 1.56 bits per heavy atom. The number of ether oxygens (including phenoxy) is 1. The summed E-state index contributed by atoms with van der Waals surface area (Å²) in [4.78, 5) is 0. The molecule has 1 aromatic carbocycles. The molecular formula is C11H15FN2O2. The minimum absolute atomic E-state index is 0.147. The maximum absolute atomic E-state index is 13.4. The van der Waals surface area contributed by atoms with E-state index in [4.69, 9.17) is 15.7 Å². The van der Waals surface area contributed by atoms with Gasteiger partial charge in [-0.3, -0.25) is 0 Å². The van der Waals surface area contributed by atoms with E-state index in [2.05, 4.69) is 5.16 Å². The lowest BCUT2D eigenvalue weighted by atomic mass is 10.2. The molecule has 1 rings (SSSR count). The third kappa shape index (κ3) is 3.42. The summed E-state index contributed by atoms with van der Waals surface area (Å²) in [5.74, 6) is 0.0409. The molecule has 0 unspecified atom stereocenters. The SMILES string of the molecule is Cc1cccc(OCCC/C(N)=N/O)c1F. The van der Waals surface area contributed by atoms with Crippen molar-refractivity contribution >= 4 is 5.84 Å². The molecule has 0 saturated carbocycles. The molecule has 0 aromatic heterocycles. The molecule has 0 aliphatic carbocycles. The van der Waals surface area contributed by atoms with Crippen molar-refractivity contribution in [2.75, 3.05) is 6.61 Å². The molecular weight excluding hydrogens is 211 g/mol. The number of amidine groups is 1. The molecule has 0 fully saturated rings. The van der Waals surface area contributed by atoms with E-state index in [-0.39, 0.29) is 17.4 Å². The van der Waals surface area contributed by atoms with Crippen molar-refractivity contribution in [2.45, 2.75) is 19.8 Å². The van der Waals surface area contributed by atoms with Crippen LogP contribution < -0.4 is 10.5 Å². The summed E-state index contributed by atoms with van der Waals surface area (Å²) in [6, 6.07) is 4.99. The fourth-order valence-corrected chi connectivity index (χ4v) is 1.22. The molecule has 0 bridgehead atoms. The van der Waals surface area contributed by atoms with Crippen LogP contribution in [0.3, 0.4) is 0 Å². The van der Waals surface area contributed by atoms with Crippen LogP contribution in [-0.4, -0.2) is 17.6 Å². The van der Waals surface area contributed by atoms with E-state index in [0.717, 1.165) is 0 Å². The van der Waals surface area contributed by atoms with E-state index in [1.54, 1.807) is 25.1 Å². The van der Waals surface area contributed by atoms with Gasteiger partial charge in [-0.2, -0.15) is 0 Å². The molecule has 3 N–H and O–H groups in total. The average Bonchev–Trinajstić information content (AvgIpc) is 2.29. The number of oxime groups is 1. The number of hydrogen-bond donors (Lipinski definition) is 2. The van der Waals surface area contributed by atoms with Gasteiger partial charge in [0.2, 0.25) is 0 Å². The topological polar surface area (TPSA) is 67.8 Å². The minimum atomic E-state index is -0.341. The molecule has 16 heavy (non-hydrogen) atoms. The van der Waals surface area contributed by atoms with Crippen molar-refractivity contribution in [3.05, 3.63) is 29.6 Å². The Hall–Kier alpha value is -1.78. The second kappa shape index (κ2) is 5.95. The van der Waals surface area contributed by atoms with Gasteiger partial charge in [0.15, 0.2) is 11.6 Å². The summed E-state index contributed by atoms with van der Waals surface area (Å²) >= 11 is 0. The highest BCUT2D eigenvalue weighted by Crippen LogP contribution is 2.19. The molecule has 0 heterocycles. The number of halogens is 1. The first-order valence-corrected chi connectivity index (χ1v) is 4.99. The van der Waals surface area contributed by atoms with Crippen LogP contribution in [0.1, 0.15) is 18.4 Å². The van der Waals surface area contributed by atoms with Gasteiger partial charge in [-0.15, -0.1) is 0 Å². The molecule has 0 aliphatic rings. The molecule has 0 amide bonds. The predicted molar refractivity (Wildman–Crippen MR) is 59.3 cm³/mol. The first-order chi connectivity index (χ1) is 7.65. The van der Waals surface area contributed by atoms with Gasteiger partial charge in [0.25, 0.3) is 0 Å². The van der Waals surface area contributed by atoms with Gasteiger partial charge in [0, 0.05) is 6.42 Å². The summed E-state index contributed by atoms with van der Waals surface area (Å²) in [6.07, 6.45) is 0.993. The Bertz CT molecular complexity index is 380. The van der Waals surface area contributed by atoms with Gasteiger partial charge in [-0.05, 0) is 25.0 Å². The van der Waals surface area contributed by atoms with Gasteiger partial charge >= 0.3 is 0 Å². The lowest BCUT2D eigenvalue weighted by Gasteiger charge is -2.07. The fourth-order valence-electron chi connectivity index (χ4n) is 1.22. The molecule has 0 radical (unpaired) electrons. The lowest BCUT2D eigenvalue weighted by Crippen LogP contribution is -2.13. The minimum Gasteiger partial charge on any atom is -0.490 e. The number of rotatable bonds is 5. The molecule has 0 atom stereocenters. The van der Waals surface area contributed by atoms with E-state index >= 15 is 0 Å². The zero-order chi connectivity index (χ0) is 12.0. The first kappa shape index (κ1) is 12.3. The second-order valence-electron chi connectivity index (χ2n) is 3.43. The average molecular weight is 226 g/mol. The Balaban J connectivity index is 2.41. The molecule has 0 aliphatic heterocycles. The van der Waals surface area contributed by atoms with Crippen LogP contribution in [-0.2, 0) is 0 Å². The predicted octanol–water partition coefficient (Wildman–Crippen LogP) is 2.04. The monoisotopic (exact) mass is 226 g/mol. The standard InChI is InChI=1S/C11H15FN2O2/c1-8-4-2-5-9(11(8)12)16-7-3-6-10(13)14-15/h2,4-5,15H,3,6-7H2,1H3,(H2,13,14). The van der Waals surface area contributed by atoms with Gasteiger partial charge < -0.3 is 15.7 Å². The Morgan fingerprint density at radius 3 is 3.00 bits per heavy atom. The van der Waals surface area contributed by atoms with Crippen molar-refractivity contribution in [1.29, 1.82) is 0 Å². The maximum atomic E-state index is 13.4. The zero-order valence-corrected chi connectivity index (χ0v) is 9.11. The lowest BCUT2D eigenvalue weighted by molar-refractivity contribution is 0.293. The fraction of sp³-hybridized carbons (Fsp3) is 0.364. The number of benzene rings is 1. The zero-order valence-electron chi connectivity index (χ0n) is 9.11. The summed E-state index contributed by atoms with van der Waals surface area (Å²) in [7, 11) is 0. The molecule has 0 spiro atoms. The first-order valence-electron chi connectivity index (χ1n) is 4.99. The van der Waals surface area contributed by atoms with E-state index in [9.17, 15) is 4.39 Å². The van der Waals surface area contributed by atoms with Crippen LogP contribution in [0, 0.1) is 12.7 Å². The molecule has 0 saturated heterocycles. The van der Waals surface area contributed by atoms with Crippen molar-refractivity contribution in [1.82, 2.24) is 0 Å². The smallest absolute Gasteiger partial charge is 0.167 e. The van der Waals surface area contributed by atoms with Gasteiger partial charge in [0.05, 0.1) is 6.61 Å². The Kier molecular flexibility index (Phi) is 4.57. The van der Waals surface area contributed by atoms with Crippen LogP contribution >= 0.6 is 0 Å². The van der Waals surface area contributed by atoms with E-state index < -0.39 is 0 Å². The number of aryl methyl sites for hydroxylation is 1. The van der Waals surface area contributed by atoms with E-state index in [1.807, 2.05) is 0 Å². The molecule has 5 heteroatoms. The van der Waals surface area contributed by atoms with Crippen LogP contribution in [0.5, 0.6) is 5.75 Å². The van der Waals surface area contributed by atoms with Gasteiger partial charge in [-0.25, -0.2) is 4.39 Å². The Labute approximate surface area is 93.5 Å². The van der Waals surface area contributed by atoms with Gasteiger partial charge in [0.1, 0.15) is 5.84 Å². The summed E-state index contributed by atoms with van der Waals surface area (Å²) in [5, 5.41) is 11.1. The molecule has 88 valence electrons. The maximum Gasteiger partial charge on any atom is 0.167 e. The van der Waals surface area contributed by atoms with Crippen LogP contribution in [0.2, 0.25) is 0 Å². The summed E-state index contributed by atoms with van der Waals surface area (Å²) < 4.78 is 18.7. The second-order valence-corrected chi connectivity index (χ2v) is 3.43. The van der Waals surface area contributed by atoms with Crippen molar-refractivity contribution < 1.29 is 14.3 Å². The number of nitrogens with two attached hydrogens (primary N) is 1. The van der Waals surface area contributed by atoms with Gasteiger partial charge in [-0.1, -0.05) is 17.3 Å². The number of hydrogen-bond acceptors (Lipinski definition) is 3. The van der Waals surface area contributed by atoms with Crippen molar-refractivity contribution in [2.24, 2.45) is 10.9 Å². The third-order valence-corrected chi connectivity index (χ3v) is 2.12. The quantitative estimate of drug-likeness (QED) is 0.265. The highest BCUT2D eigenvalue weighted by atomic mass is 19.1. The summed E-state index contributed by atoms with van der Waals surface area (Å²) in [6.45, 7) is 2.01. The van der Waals surface area contributed by atoms with Crippen molar-refractivity contribution in [3.8, 4) is 5.75 Å². The highest BCUT2D eigenvalue weighted by molar-refractivity contribution is 5.79. The van der Waals surface area contributed by atoms with Crippen LogP contribution in [0.25, 0.3) is 0 Å². The third-order valence-electron chi connectivity index (χ3n) is 2.12.